The Labute approximate surface area is 318 Å². The molecular weight excluding hydrogens is 667 g/mol. The van der Waals surface area contributed by atoms with Crippen molar-refractivity contribution in [3.05, 3.63) is 159 Å². The van der Waals surface area contributed by atoms with Crippen LogP contribution in [0.3, 0.4) is 0 Å². The molecule has 6 atom stereocenters. The molecule has 1 nitrogen and oxygen atoms in total. The number of thioether (sulfide) groups is 2. The fourth-order valence-electron chi connectivity index (χ4n) is 11.2. The Bertz CT molecular complexity index is 2210. The van der Waals surface area contributed by atoms with Crippen LogP contribution in [-0.4, -0.2) is 15.1 Å². The molecule has 1 aromatic heterocycles. The minimum absolute atomic E-state index is 0.115. The number of hydrogen-bond acceptors (Lipinski definition) is 2. The van der Waals surface area contributed by atoms with E-state index in [4.69, 9.17) is 0 Å². The van der Waals surface area contributed by atoms with Crippen LogP contribution in [0.1, 0.15) is 79.4 Å². The molecule has 2 aromatic carbocycles. The van der Waals surface area contributed by atoms with Crippen LogP contribution in [0.4, 0.5) is 0 Å². The summed E-state index contributed by atoms with van der Waals surface area (Å²) in [6.07, 6.45) is 44.3. The summed E-state index contributed by atoms with van der Waals surface area (Å²) < 4.78 is 2.79. The third kappa shape index (κ3) is 4.84. The normalized spacial score (nSPS) is 30.9. The van der Waals surface area contributed by atoms with E-state index >= 15 is 0 Å². The van der Waals surface area contributed by atoms with Gasteiger partial charge in [-0.05, 0) is 116 Å². The molecule has 0 N–H and O–H groups in total. The zero-order valence-electron chi connectivity index (χ0n) is 30.0. The van der Waals surface area contributed by atoms with Crippen molar-refractivity contribution in [1.82, 2.24) is 4.57 Å². The summed E-state index contributed by atoms with van der Waals surface area (Å²) in [6, 6.07) is 18.5. The van der Waals surface area contributed by atoms with Gasteiger partial charge in [-0.1, -0.05) is 115 Å². The van der Waals surface area contributed by atoms with E-state index in [1.54, 1.807) is 39.3 Å². The number of aromatic nitrogens is 1. The minimum atomic E-state index is -0.115. The smallest absolute Gasteiger partial charge is 0.0374 e. The second-order valence-electron chi connectivity index (χ2n) is 16.2. The monoisotopic (exact) mass is 713 g/mol. The number of fused-ring (bicyclic) bond motifs is 11. The van der Waals surface area contributed by atoms with Gasteiger partial charge >= 0.3 is 0 Å². The molecule has 5 unspecified atom stereocenters. The lowest BCUT2D eigenvalue weighted by molar-refractivity contribution is 0.279. The van der Waals surface area contributed by atoms with Crippen LogP contribution in [0.2, 0.25) is 0 Å². The highest BCUT2D eigenvalue weighted by Crippen LogP contribution is 2.66. The SMILES string of the molecule is C1=CC2SC3=CCCC=C3[C@@]3(c4ccc(-c5ccccc5)cc4SC4C=CC(C5C=Cc6c7c(n(C8=CCCCC8)c6C5)CCCC7)=CC43)C2C=C1. The number of nitrogens with zero attached hydrogens (tertiary/aromatic N) is 1. The highest BCUT2D eigenvalue weighted by molar-refractivity contribution is 8.04. The largest absolute Gasteiger partial charge is 0.321 e. The van der Waals surface area contributed by atoms with Gasteiger partial charge in [0.15, 0.2) is 0 Å². The number of hydrogen-bond donors (Lipinski definition) is 0. The average Bonchev–Trinajstić information content (AvgIpc) is 3.55. The van der Waals surface area contributed by atoms with E-state index < -0.39 is 0 Å². The van der Waals surface area contributed by atoms with Crippen molar-refractivity contribution in [3.63, 3.8) is 0 Å². The second-order valence-corrected chi connectivity index (χ2v) is 18.6. The van der Waals surface area contributed by atoms with E-state index in [2.05, 4.69) is 150 Å². The van der Waals surface area contributed by atoms with Gasteiger partial charge in [-0.2, -0.15) is 0 Å². The maximum Gasteiger partial charge on any atom is 0.0374 e. The molecule has 1 saturated heterocycles. The van der Waals surface area contributed by atoms with Gasteiger partial charge in [-0.3, -0.25) is 0 Å². The molecule has 1 fully saturated rings. The van der Waals surface area contributed by atoms with Gasteiger partial charge in [0.05, 0.1) is 0 Å². The quantitative estimate of drug-likeness (QED) is 0.266. The van der Waals surface area contributed by atoms with Crippen LogP contribution >= 0.6 is 23.5 Å². The predicted molar refractivity (Wildman–Crippen MR) is 223 cm³/mol. The maximum atomic E-state index is 2.80. The molecule has 0 amide bonds. The van der Waals surface area contributed by atoms with Crippen LogP contribution in [0, 0.1) is 17.8 Å². The van der Waals surface area contributed by atoms with Crippen LogP contribution in [0.25, 0.3) is 22.9 Å². The first kappa shape index (κ1) is 31.8. The lowest BCUT2D eigenvalue weighted by Gasteiger charge is -2.58. The second kappa shape index (κ2) is 12.7. The molecule has 1 spiro atoms. The minimum Gasteiger partial charge on any atom is -0.321 e. The topological polar surface area (TPSA) is 4.93 Å². The average molecular weight is 714 g/mol. The van der Waals surface area contributed by atoms with Crippen LogP contribution < -0.4 is 0 Å². The zero-order valence-corrected chi connectivity index (χ0v) is 31.6. The number of benzene rings is 2. The van der Waals surface area contributed by atoms with E-state index in [-0.39, 0.29) is 5.41 Å². The third-order valence-electron chi connectivity index (χ3n) is 13.5. The molecule has 0 saturated carbocycles. The summed E-state index contributed by atoms with van der Waals surface area (Å²) in [7, 11) is 0. The van der Waals surface area contributed by atoms with Gasteiger partial charge in [-0.15, -0.1) is 23.5 Å². The highest BCUT2D eigenvalue weighted by atomic mass is 32.2. The van der Waals surface area contributed by atoms with Crippen LogP contribution in [0.5, 0.6) is 0 Å². The van der Waals surface area contributed by atoms with Crippen molar-refractivity contribution in [2.24, 2.45) is 17.8 Å². The molecule has 3 aromatic rings. The van der Waals surface area contributed by atoms with Crippen molar-refractivity contribution in [2.45, 2.75) is 91.4 Å². The highest BCUT2D eigenvalue weighted by Gasteiger charge is 2.59. The Morgan fingerprint density at radius 3 is 2.46 bits per heavy atom. The van der Waals surface area contributed by atoms with Crippen molar-refractivity contribution in [1.29, 1.82) is 0 Å². The zero-order chi connectivity index (χ0) is 34.2. The van der Waals surface area contributed by atoms with Crippen LogP contribution in [-0.2, 0) is 24.7 Å². The van der Waals surface area contributed by atoms with Gasteiger partial charge in [0, 0.05) is 60.6 Å². The summed E-state index contributed by atoms with van der Waals surface area (Å²) in [5.41, 5.74) is 15.3. The van der Waals surface area contributed by atoms with E-state index in [0.717, 1.165) is 19.3 Å². The first-order valence-electron chi connectivity index (χ1n) is 20.1. The molecule has 2 aliphatic heterocycles. The maximum absolute atomic E-state index is 2.80. The molecule has 260 valence electrons. The summed E-state index contributed by atoms with van der Waals surface area (Å²) in [6.45, 7) is 0. The number of allylic oxidation sites excluding steroid dienone is 12. The third-order valence-corrected chi connectivity index (χ3v) is 16.1. The molecule has 0 bridgehead atoms. The fourth-order valence-corrected chi connectivity index (χ4v) is 14.2. The first-order chi connectivity index (χ1) is 25.8. The van der Waals surface area contributed by atoms with Crippen molar-refractivity contribution in [2.75, 3.05) is 0 Å². The molecule has 3 heterocycles. The van der Waals surface area contributed by atoms with Gasteiger partial charge in [-0.25, -0.2) is 0 Å². The van der Waals surface area contributed by atoms with Crippen molar-refractivity contribution < 1.29 is 0 Å². The standard InChI is InChI=1S/C49H47NS2/c1-3-13-32(14-4-1)35-24-27-41-48(31-35)52-47-28-25-33(29-42(47)49(41)39-18-8-11-21-45(39)51-46-22-12-9-19-40(46)49)34-23-26-38-37-17-7-10-20-43(37)50(44(38)30-34)36-15-5-2-6-16-36/h1,3-4,8,11,13-15,18-19,21-29,31,34,39,42,45,47H,2,5-7,9-10,12,16-17,20,30H2/t34?,39?,42?,45?,47?,49-/m1/s1. The van der Waals surface area contributed by atoms with E-state index in [9.17, 15) is 0 Å². The first-order valence-corrected chi connectivity index (χ1v) is 21.9. The van der Waals surface area contributed by atoms with E-state index in [0.29, 0.717) is 28.3 Å². The summed E-state index contributed by atoms with van der Waals surface area (Å²) in [5.74, 6) is 1.18. The van der Waals surface area contributed by atoms with Crippen molar-refractivity contribution >= 4 is 35.3 Å². The van der Waals surface area contributed by atoms with Gasteiger partial charge in [0.25, 0.3) is 0 Å². The molecular formula is C49H47NS2. The Hall–Kier alpha value is -3.66. The van der Waals surface area contributed by atoms with Gasteiger partial charge in [0.1, 0.15) is 0 Å². The van der Waals surface area contributed by atoms with Gasteiger partial charge in [0.2, 0.25) is 0 Å². The predicted octanol–water partition coefficient (Wildman–Crippen LogP) is 12.6. The Balaban J connectivity index is 1.06. The summed E-state index contributed by atoms with van der Waals surface area (Å²) in [4.78, 5) is 3.00. The van der Waals surface area contributed by atoms with E-state index in [1.165, 1.54) is 77.9 Å². The molecule has 3 heteroatoms. The summed E-state index contributed by atoms with van der Waals surface area (Å²) in [5, 5.41) is 0.830. The molecule has 6 aliphatic carbocycles. The molecule has 11 rings (SSSR count). The lowest BCUT2D eigenvalue weighted by atomic mass is 9.53. The Morgan fingerprint density at radius 1 is 0.673 bits per heavy atom. The van der Waals surface area contributed by atoms with Crippen molar-refractivity contribution in [3.8, 4) is 11.1 Å². The Morgan fingerprint density at radius 2 is 1.54 bits per heavy atom. The Kier molecular flexibility index (Phi) is 7.80. The van der Waals surface area contributed by atoms with Gasteiger partial charge < -0.3 is 4.57 Å². The molecule has 0 radical (unpaired) electrons. The lowest BCUT2D eigenvalue weighted by Crippen LogP contribution is -2.55. The number of rotatable bonds is 3. The van der Waals surface area contributed by atoms with E-state index in [1.807, 2.05) is 0 Å². The van der Waals surface area contributed by atoms with Crippen LogP contribution in [0.15, 0.2) is 136 Å². The summed E-state index contributed by atoms with van der Waals surface area (Å²) >= 11 is 4.24. The molecule has 52 heavy (non-hydrogen) atoms. The molecule has 8 aliphatic rings. The fraction of sp³-hybridized carbons (Fsp3) is 0.347.